The van der Waals surface area contributed by atoms with Crippen molar-refractivity contribution >= 4 is 9.84 Å². The van der Waals surface area contributed by atoms with E-state index in [1.54, 1.807) is 0 Å². The smallest absolute Gasteiger partial charge is 0.151 e. The lowest BCUT2D eigenvalue weighted by Gasteiger charge is -2.29. The first-order valence-corrected chi connectivity index (χ1v) is 7.73. The average Bonchev–Trinajstić information content (AvgIpc) is 2.12. The van der Waals surface area contributed by atoms with Gasteiger partial charge in [0, 0.05) is 12.1 Å². The lowest BCUT2D eigenvalue weighted by atomic mass is 10.00. The molecule has 0 aromatic rings. The summed E-state index contributed by atoms with van der Waals surface area (Å²) < 4.78 is 22.9. The molecule has 0 bridgehead atoms. The summed E-state index contributed by atoms with van der Waals surface area (Å²) in [6.07, 6.45) is 2.88. The van der Waals surface area contributed by atoms with Crippen molar-refractivity contribution < 1.29 is 8.42 Å². The molecule has 1 fully saturated rings. The van der Waals surface area contributed by atoms with Crippen LogP contribution in [0.15, 0.2) is 0 Å². The fraction of sp³-hybridized carbons (Fsp3) is 1.00. The molecule has 2 unspecified atom stereocenters. The van der Waals surface area contributed by atoms with Crippen LogP contribution in [0.4, 0.5) is 0 Å². The minimum atomic E-state index is -2.77. The van der Waals surface area contributed by atoms with Gasteiger partial charge in [-0.15, -0.1) is 0 Å². The molecule has 1 saturated heterocycles. The third-order valence-corrected chi connectivity index (χ3v) is 4.98. The summed E-state index contributed by atoms with van der Waals surface area (Å²) in [7, 11) is -2.77. The molecule has 2 atom stereocenters. The van der Waals surface area contributed by atoms with Gasteiger partial charge in [-0.3, -0.25) is 0 Å². The number of nitrogens with one attached hydrogen (secondary N) is 1. The predicted octanol–water partition coefficient (Wildman–Crippen LogP) is 1.59. The Labute approximate surface area is 93.6 Å². The summed E-state index contributed by atoms with van der Waals surface area (Å²) in [4.78, 5) is 0. The Kier molecular flexibility index (Phi) is 4.59. The Morgan fingerprint density at radius 1 is 1.40 bits per heavy atom. The molecular weight excluding hydrogens is 210 g/mol. The van der Waals surface area contributed by atoms with E-state index in [0.29, 0.717) is 23.5 Å². The minimum Gasteiger partial charge on any atom is -0.310 e. The summed E-state index contributed by atoms with van der Waals surface area (Å²) in [5.41, 5.74) is 0. The summed E-state index contributed by atoms with van der Waals surface area (Å²) in [5, 5.41) is 3.48. The van der Waals surface area contributed by atoms with E-state index in [9.17, 15) is 8.42 Å². The number of hydrogen-bond acceptors (Lipinski definition) is 3. The van der Waals surface area contributed by atoms with Gasteiger partial charge in [0.05, 0.1) is 11.5 Å². The van der Waals surface area contributed by atoms with Gasteiger partial charge >= 0.3 is 0 Å². The Morgan fingerprint density at radius 3 is 2.53 bits per heavy atom. The highest BCUT2D eigenvalue weighted by atomic mass is 32.2. The Bertz CT molecular complexity index is 285. The van der Waals surface area contributed by atoms with Crippen LogP contribution in [-0.2, 0) is 9.84 Å². The maximum Gasteiger partial charge on any atom is 0.151 e. The molecule has 1 N–H and O–H groups in total. The van der Waals surface area contributed by atoms with Gasteiger partial charge in [0.1, 0.15) is 0 Å². The van der Waals surface area contributed by atoms with Crippen molar-refractivity contribution in [3.8, 4) is 0 Å². The average molecular weight is 233 g/mol. The topological polar surface area (TPSA) is 46.2 Å². The molecule has 0 aromatic carbocycles. The standard InChI is InChI=1S/C11H23NO2S/c1-4-11(9(2)3)12-10-6-5-7-15(13,14)8-10/h9-12H,4-8H2,1-3H3. The fourth-order valence-corrected chi connectivity index (χ4v) is 3.89. The summed E-state index contributed by atoms with van der Waals surface area (Å²) in [5.74, 6) is 1.28. The fourth-order valence-electron chi connectivity index (χ4n) is 2.24. The van der Waals surface area contributed by atoms with E-state index >= 15 is 0 Å². The molecule has 4 heteroatoms. The number of hydrogen-bond donors (Lipinski definition) is 1. The van der Waals surface area contributed by atoms with E-state index in [1.165, 1.54) is 0 Å². The van der Waals surface area contributed by atoms with E-state index in [1.807, 2.05) is 0 Å². The molecular formula is C11H23NO2S. The molecule has 0 spiro atoms. The van der Waals surface area contributed by atoms with E-state index in [2.05, 4.69) is 26.1 Å². The third-order valence-electron chi connectivity index (χ3n) is 3.16. The van der Waals surface area contributed by atoms with Crippen molar-refractivity contribution in [2.45, 2.75) is 52.1 Å². The van der Waals surface area contributed by atoms with Gasteiger partial charge in [0.2, 0.25) is 0 Å². The van der Waals surface area contributed by atoms with Crippen molar-refractivity contribution in [3.05, 3.63) is 0 Å². The van der Waals surface area contributed by atoms with Crippen molar-refractivity contribution in [2.24, 2.45) is 5.92 Å². The first-order valence-electron chi connectivity index (χ1n) is 5.91. The van der Waals surface area contributed by atoms with E-state index in [0.717, 1.165) is 19.3 Å². The summed E-state index contributed by atoms with van der Waals surface area (Å²) >= 11 is 0. The van der Waals surface area contributed by atoms with Gasteiger partial charge in [0.15, 0.2) is 9.84 Å². The lowest BCUT2D eigenvalue weighted by molar-refractivity contribution is 0.338. The normalized spacial score (nSPS) is 27.9. The lowest BCUT2D eigenvalue weighted by Crippen LogP contribution is -2.46. The Morgan fingerprint density at radius 2 is 2.07 bits per heavy atom. The van der Waals surface area contributed by atoms with Crippen molar-refractivity contribution in [2.75, 3.05) is 11.5 Å². The molecule has 0 aliphatic carbocycles. The van der Waals surface area contributed by atoms with Crippen molar-refractivity contribution in [1.29, 1.82) is 0 Å². The molecule has 3 nitrogen and oxygen atoms in total. The molecule has 1 aliphatic rings. The van der Waals surface area contributed by atoms with Crippen LogP contribution in [0.1, 0.15) is 40.0 Å². The largest absolute Gasteiger partial charge is 0.310 e. The number of rotatable bonds is 4. The molecule has 0 aromatic heterocycles. The van der Waals surface area contributed by atoms with Crippen LogP contribution >= 0.6 is 0 Å². The van der Waals surface area contributed by atoms with Crippen molar-refractivity contribution in [1.82, 2.24) is 5.32 Å². The van der Waals surface area contributed by atoms with Crippen LogP contribution < -0.4 is 5.32 Å². The number of sulfone groups is 1. The van der Waals surface area contributed by atoms with Gasteiger partial charge in [0.25, 0.3) is 0 Å². The zero-order valence-corrected chi connectivity index (χ0v) is 10.8. The Balaban J connectivity index is 2.50. The van der Waals surface area contributed by atoms with Crippen molar-refractivity contribution in [3.63, 3.8) is 0 Å². The van der Waals surface area contributed by atoms with Gasteiger partial charge in [-0.1, -0.05) is 20.8 Å². The first kappa shape index (κ1) is 13.0. The second-order valence-corrected chi connectivity index (χ2v) is 7.11. The monoisotopic (exact) mass is 233 g/mol. The van der Waals surface area contributed by atoms with Gasteiger partial charge in [-0.25, -0.2) is 8.42 Å². The molecule has 1 aliphatic heterocycles. The zero-order chi connectivity index (χ0) is 11.5. The van der Waals surface area contributed by atoms with E-state index < -0.39 is 9.84 Å². The highest BCUT2D eigenvalue weighted by Gasteiger charge is 2.26. The first-order chi connectivity index (χ1) is 6.94. The van der Waals surface area contributed by atoms with Crippen LogP contribution in [0.25, 0.3) is 0 Å². The predicted molar refractivity (Wildman–Crippen MR) is 63.7 cm³/mol. The van der Waals surface area contributed by atoms with Gasteiger partial charge < -0.3 is 5.32 Å². The zero-order valence-electron chi connectivity index (χ0n) is 9.99. The van der Waals surface area contributed by atoms with Gasteiger partial charge in [-0.05, 0) is 25.2 Å². The highest BCUT2D eigenvalue weighted by molar-refractivity contribution is 7.91. The Hall–Kier alpha value is -0.0900. The third kappa shape index (κ3) is 4.11. The van der Waals surface area contributed by atoms with Crippen LogP contribution in [0.3, 0.4) is 0 Å². The van der Waals surface area contributed by atoms with Crippen LogP contribution in [0.2, 0.25) is 0 Å². The summed E-state index contributed by atoms with van der Waals surface area (Å²) in [6.45, 7) is 6.51. The maximum absolute atomic E-state index is 11.5. The quantitative estimate of drug-likeness (QED) is 0.802. The second-order valence-electron chi connectivity index (χ2n) is 4.88. The molecule has 90 valence electrons. The summed E-state index contributed by atoms with van der Waals surface area (Å²) in [6, 6.07) is 0.624. The highest BCUT2D eigenvalue weighted by Crippen LogP contribution is 2.15. The molecule has 15 heavy (non-hydrogen) atoms. The second kappa shape index (κ2) is 5.30. The molecule has 1 heterocycles. The molecule has 0 amide bonds. The SMILES string of the molecule is CCC(NC1CCCS(=O)(=O)C1)C(C)C. The molecule has 0 radical (unpaired) electrons. The molecule has 1 rings (SSSR count). The van der Waals surface area contributed by atoms with Gasteiger partial charge in [-0.2, -0.15) is 0 Å². The van der Waals surface area contributed by atoms with E-state index in [4.69, 9.17) is 0 Å². The minimum absolute atomic E-state index is 0.177. The maximum atomic E-state index is 11.5. The van der Waals surface area contributed by atoms with Crippen LogP contribution in [-0.4, -0.2) is 32.0 Å². The molecule has 0 saturated carbocycles. The van der Waals surface area contributed by atoms with Crippen LogP contribution in [0, 0.1) is 5.92 Å². The van der Waals surface area contributed by atoms with E-state index in [-0.39, 0.29) is 6.04 Å². The van der Waals surface area contributed by atoms with Crippen LogP contribution in [0.5, 0.6) is 0 Å².